The van der Waals surface area contributed by atoms with Crippen molar-refractivity contribution in [2.45, 2.75) is 65.2 Å². The summed E-state index contributed by atoms with van der Waals surface area (Å²) in [6.07, 6.45) is 12.1. The van der Waals surface area contributed by atoms with Gasteiger partial charge in [0, 0.05) is 12.8 Å². The van der Waals surface area contributed by atoms with E-state index in [-0.39, 0.29) is 0 Å². The zero-order valence-corrected chi connectivity index (χ0v) is 13.6. The summed E-state index contributed by atoms with van der Waals surface area (Å²) in [7, 11) is 0. The van der Waals surface area contributed by atoms with Gasteiger partial charge in [-0.25, -0.2) is 0 Å². The van der Waals surface area contributed by atoms with E-state index in [4.69, 9.17) is 0 Å². The summed E-state index contributed by atoms with van der Waals surface area (Å²) < 4.78 is 0. The van der Waals surface area contributed by atoms with Crippen molar-refractivity contribution < 1.29 is 4.79 Å². The van der Waals surface area contributed by atoms with E-state index in [9.17, 15) is 4.79 Å². The van der Waals surface area contributed by atoms with Crippen LogP contribution in [0.3, 0.4) is 0 Å². The monoisotopic (exact) mass is 280 g/mol. The number of carbonyl (C=O) groups is 1. The van der Waals surface area contributed by atoms with Crippen LogP contribution in [0.2, 0.25) is 0 Å². The Balaban J connectivity index is 1.75. The molecule has 0 aromatic carbocycles. The van der Waals surface area contributed by atoms with Gasteiger partial charge < -0.3 is 0 Å². The number of hydrogen-bond acceptors (Lipinski definition) is 2. The van der Waals surface area contributed by atoms with Gasteiger partial charge in [0.2, 0.25) is 0 Å². The fraction of sp³-hybridized carbons (Fsp3) is 0.941. The molecule has 4 saturated carbocycles. The first-order valence-corrected chi connectivity index (χ1v) is 9.26. The molecule has 0 heterocycles. The zero-order valence-electron chi connectivity index (χ0n) is 12.8. The Morgan fingerprint density at radius 1 is 1.11 bits per heavy atom. The average Bonchev–Trinajstić information content (AvgIpc) is 2.20. The van der Waals surface area contributed by atoms with Crippen molar-refractivity contribution in [1.82, 2.24) is 0 Å². The number of hydrogen-bond donors (Lipinski definition) is 0. The second-order valence-electron chi connectivity index (χ2n) is 8.59. The molecule has 0 aromatic rings. The molecule has 4 bridgehead atoms. The van der Waals surface area contributed by atoms with E-state index in [1.807, 2.05) is 0 Å². The summed E-state index contributed by atoms with van der Waals surface area (Å²) >= 11 is 1.80. The molecule has 108 valence electrons. The second kappa shape index (κ2) is 4.51. The van der Waals surface area contributed by atoms with Crippen LogP contribution in [0.4, 0.5) is 0 Å². The van der Waals surface area contributed by atoms with E-state index in [0.717, 1.165) is 24.5 Å². The summed E-state index contributed by atoms with van der Waals surface area (Å²) in [4.78, 5) is 12.3. The zero-order chi connectivity index (χ0) is 13.7. The maximum atomic E-state index is 12.3. The molecule has 4 aliphatic carbocycles. The molecule has 0 spiro atoms. The van der Waals surface area contributed by atoms with E-state index in [0.29, 0.717) is 22.0 Å². The van der Waals surface area contributed by atoms with E-state index in [2.05, 4.69) is 20.1 Å². The molecule has 0 aromatic heterocycles. The molecule has 0 amide bonds. The van der Waals surface area contributed by atoms with Gasteiger partial charge >= 0.3 is 0 Å². The van der Waals surface area contributed by atoms with Gasteiger partial charge in [-0.1, -0.05) is 13.8 Å². The highest BCUT2D eigenvalue weighted by atomic mass is 32.2. The van der Waals surface area contributed by atoms with E-state index in [1.54, 1.807) is 11.8 Å². The van der Waals surface area contributed by atoms with Crippen LogP contribution in [-0.4, -0.2) is 17.8 Å². The quantitative estimate of drug-likeness (QED) is 0.726. The highest BCUT2D eigenvalue weighted by molar-refractivity contribution is 7.98. The SMILES string of the molecule is CSCCC(=O)CC12CC3CC(C)(CC(C)(C3)C1)C2. The number of ketones is 1. The predicted molar refractivity (Wildman–Crippen MR) is 82.5 cm³/mol. The Bertz CT molecular complexity index is 371. The van der Waals surface area contributed by atoms with E-state index < -0.39 is 0 Å². The lowest BCUT2D eigenvalue weighted by Crippen LogP contribution is -2.55. The van der Waals surface area contributed by atoms with Crippen LogP contribution >= 0.6 is 11.8 Å². The average molecular weight is 280 g/mol. The number of Topliss-reactive ketones (excluding diaryl/α,β-unsaturated/α-hetero) is 1. The molecule has 2 atom stereocenters. The third-order valence-corrected chi connectivity index (χ3v) is 6.51. The minimum absolute atomic E-state index is 0.387. The van der Waals surface area contributed by atoms with Gasteiger partial charge in [-0.15, -0.1) is 0 Å². The summed E-state index contributed by atoms with van der Waals surface area (Å²) in [5, 5.41) is 0. The van der Waals surface area contributed by atoms with Crippen LogP contribution in [0.25, 0.3) is 0 Å². The predicted octanol–water partition coefficient (Wildman–Crippen LogP) is 4.70. The first-order chi connectivity index (χ1) is 8.86. The van der Waals surface area contributed by atoms with Crippen molar-refractivity contribution >= 4 is 17.5 Å². The van der Waals surface area contributed by atoms with Crippen molar-refractivity contribution in [1.29, 1.82) is 0 Å². The fourth-order valence-corrected chi connectivity index (χ4v) is 7.04. The van der Waals surface area contributed by atoms with Crippen LogP contribution in [0.15, 0.2) is 0 Å². The van der Waals surface area contributed by atoms with Gasteiger partial charge in [0.1, 0.15) is 5.78 Å². The highest BCUT2D eigenvalue weighted by Gasteiger charge is 2.60. The molecule has 19 heavy (non-hydrogen) atoms. The van der Waals surface area contributed by atoms with Gasteiger partial charge in [0.15, 0.2) is 0 Å². The van der Waals surface area contributed by atoms with Gasteiger partial charge in [0.05, 0.1) is 0 Å². The van der Waals surface area contributed by atoms with Crippen LogP contribution in [-0.2, 0) is 4.79 Å². The van der Waals surface area contributed by atoms with Crippen molar-refractivity contribution in [2.75, 3.05) is 12.0 Å². The normalized spacial score (nSPS) is 47.6. The Kier molecular flexibility index (Phi) is 3.32. The van der Waals surface area contributed by atoms with Crippen LogP contribution in [0.1, 0.15) is 65.2 Å². The molecule has 2 heteroatoms. The minimum Gasteiger partial charge on any atom is -0.300 e. The molecular weight excluding hydrogens is 252 g/mol. The van der Waals surface area contributed by atoms with Crippen molar-refractivity contribution in [3.63, 3.8) is 0 Å². The number of thioether (sulfide) groups is 1. The topological polar surface area (TPSA) is 17.1 Å². The van der Waals surface area contributed by atoms with Gasteiger partial charge in [-0.2, -0.15) is 11.8 Å². The van der Waals surface area contributed by atoms with E-state index >= 15 is 0 Å². The van der Waals surface area contributed by atoms with Crippen molar-refractivity contribution in [3.8, 4) is 0 Å². The fourth-order valence-electron chi connectivity index (χ4n) is 6.60. The standard InChI is InChI=1S/C17H28OS/c1-15-6-13-7-16(2,10-15)12-17(8-13,11-15)9-14(18)4-5-19-3/h13H,4-12H2,1-3H3. The Hall–Kier alpha value is 0.0200. The smallest absolute Gasteiger partial charge is 0.134 e. The lowest BCUT2D eigenvalue weighted by molar-refractivity contribution is -0.154. The largest absolute Gasteiger partial charge is 0.300 e. The molecule has 0 N–H and O–H groups in total. The highest BCUT2D eigenvalue weighted by Crippen LogP contribution is 2.70. The van der Waals surface area contributed by atoms with E-state index in [1.165, 1.54) is 38.5 Å². The van der Waals surface area contributed by atoms with Crippen LogP contribution < -0.4 is 0 Å². The number of carbonyl (C=O) groups excluding carboxylic acids is 1. The lowest BCUT2D eigenvalue weighted by Gasteiger charge is -2.65. The molecule has 0 radical (unpaired) electrons. The maximum absolute atomic E-state index is 12.3. The van der Waals surface area contributed by atoms with Crippen molar-refractivity contribution in [3.05, 3.63) is 0 Å². The molecule has 0 saturated heterocycles. The molecule has 0 aliphatic heterocycles. The summed E-state index contributed by atoms with van der Waals surface area (Å²) in [6.45, 7) is 4.99. The summed E-state index contributed by atoms with van der Waals surface area (Å²) in [5.74, 6) is 2.45. The van der Waals surface area contributed by atoms with Crippen LogP contribution in [0, 0.1) is 22.2 Å². The lowest BCUT2D eigenvalue weighted by atomic mass is 9.39. The summed E-state index contributed by atoms with van der Waals surface area (Å²) in [6, 6.07) is 0. The minimum atomic E-state index is 0.387. The first-order valence-electron chi connectivity index (χ1n) is 7.87. The Morgan fingerprint density at radius 2 is 1.74 bits per heavy atom. The van der Waals surface area contributed by atoms with Gasteiger partial charge in [0.25, 0.3) is 0 Å². The molecule has 2 unspecified atom stereocenters. The first kappa shape index (κ1) is 14.0. The molecular formula is C17H28OS. The second-order valence-corrected chi connectivity index (χ2v) is 9.57. The number of rotatable bonds is 5. The third kappa shape index (κ3) is 2.62. The molecule has 1 nitrogen and oxygen atoms in total. The van der Waals surface area contributed by atoms with Crippen molar-refractivity contribution in [2.24, 2.45) is 22.2 Å². The Morgan fingerprint density at radius 3 is 2.26 bits per heavy atom. The maximum Gasteiger partial charge on any atom is 0.134 e. The molecule has 4 fully saturated rings. The van der Waals surface area contributed by atoms with Gasteiger partial charge in [-0.05, 0) is 72.7 Å². The third-order valence-electron chi connectivity index (χ3n) is 5.90. The Labute approximate surface area is 122 Å². The molecule has 4 rings (SSSR count). The van der Waals surface area contributed by atoms with Crippen LogP contribution in [0.5, 0.6) is 0 Å². The molecule has 4 aliphatic rings. The summed E-state index contributed by atoms with van der Waals surface area (Å²) in [5.41, 5.74) is 1.49. The van der Waals surface area contributed by atoms with Gasteiger partial charge in [-0.3, -0.25) is 4.79 Å².